The zero-order valence-corrected chi connectivity index (χ0v) is 16.6. The number of amides is 1. The van der Waals surface area contributed by atoms with Gasteiger partial charge in [0.15, 0.2) is 0 Å². The van der Waals surface area contributed by atoms with Crippen molar-refractivity contribution >= 4 is 28.2 Å². The van der Waals surface area contributed by atoms with E-state index in [4.69, 9.17) is 4.74 Å². The molecule has 2 aromatic heterocycles. The van der Waals surface area contributed by atoms with Crippen LogP contribution < -0.4 is 5.32 Å². The van der Waals surface area contributed by atoms with E-state index in [1.165, 1.54) is 23.3 Å². The third-order valence-corrected chi connectivity index (χ3v) is 6.28. The van der Waals surface area contributed by atoms with Gasteiger partial charge in [0.05, 0.1) is 18.4 Å². The summed E-state index contributed by atoms with van der Waals surface area (Å²) in [5.41, 5.74) is 4.76. The monoisotopic (exact) mass is 375 g/mol. The molecule has 26 heavy (non-hydrogen) atoms. The standard InChI is InChI=1S/C19H25N3O3S/c1-11-13(12(2)22(3)21-11)9-10-16(23)20-18-17(19(24)25-4)14-7-5-6-8-15(14)26-18/h5-10H2,1-4H3,(H,20,23). The second kappa shape index (κ2) is 7.61. The largest absolute Gasteiger partial charge is 0.465 e. The molecule has 7 heteroatoms. The highest BCUT2D eigenvalue weighted by molar-refractivity contribution is 7.17. The highest BCUT2D eigenvalue weighted by Crippen LogP contribution is 2.38. The second-order valence-corrected chi connectivity index (χ2v) is 7.83. The summed E-state index contributed by atoms with van der Waals surface area (Å²) in [5.74, 6) is -0.449. The summed E-state index contributed by atoms with van der Waals surface area (Å²) < 4.78 is 6.79. The molecule has 0 saturated heterocycles. The lowest BCUT2D eigenvalue weighted by molar-refractivity contribution is -0.116. The molecule has 140 valence electrons. The average molecular weight is 375 g/mol. The van der Waals surface area contributed by atoms with Gasteiger partial charge in [-0.15, -0.1) is 11.3 Å². The fourth-order valence-corrected chi connectivity index (χ4v) is 4.87. The van der Waals surface area contributed by atoms with Crippen LogP contribution in [-0.2, 0) is 35.8 Å². The van der Waals surface area contributed by atoms with Crippen LogP contribution in [-0.4, -0.2) is 28.8 Å². The van der Waals surface area contributed by atoms with E-state index in [0.29, 0.717) is 23.4 Å². The van der Waals surface area contributed by atoms with Gasteiger partial charge in [0.2, 0.25) is 5.91 Å². The maximum atomic E-state index is 12.5. The van der Waals surface area contributed by atoms with E-state index in [1.54, 1.807) is 0 Å². The van der Waals surface area contributed by atoms with Crippen molar-refractivity contribution in [2.45, 2.75) is 52.4 Å². The van der Waals surface area contributed by atoms with E-state index in [2.05, 4.69) is 10.4 Å². The summed E-state index contributed by atoms with van der Waals surface area (Å²) >= 11 is 1.52. The first-order valence-corrected chi connectivity index (χ1v) is 9.75. The molecule has 0 atom stereocenters. The van der Waals surface area contributed by atoms with Crippen molar-refractivity contribution in [3.63, 3.8) is 0 Å². The first-order valence-electron chi connectivity index (χ1n) is 8.94. The molecule has 0 radical (unpaired) electrons. The molecular weight excluding hydrogens is 350 g/mol. The summed E-state index contributed by atoms with van der Waals surface area (Å²) in [7, 11) is 3.29. The van der Waals surface area contributed by atoms with Gasteiger partial charge in [0.1, 0.15) is 5.00 Å². The Morgan fingerprint density at radius 3 is 2.65 bits per heavy atom. The van der Waals surface area contributed by atoms with Crippen molar-refractivity contribution in [2.75, 3.05) is 12.4 Å². The van der Waals surface area contributed by atoms with Crippen molar-refractivity contribution in [1.82, 2.24) is 9.78 Å². The fraction of sp³-hybridized carbons (Fsp3) is 0.526. The molecule has 2 heterocycles. The molecule has 1 aliphatic rings. The van der Waals surface area contributed by atoms with Gasteiger partial charge in [-0.05, 0) is 57.1 Å². The van der Waals surface area contributed by atoms with Gasteiger partial charge < -0.3 is 10.1 Å². The summed E-state index contributed by atoms with van der Waals surface area (Å²) in [6.07, 6.45) is 5.03. The first kappa shape index (κ1) is 18.6. The van der Waals surface area contributed by atoms with Crippen LogP contribution >= 0.6 is 11.3 Å². The quantitative estimate of drug-likeness (QED) is 0.814. The fourth-order valence-electron chi connectivity index (χ4n) is 3.58. The Hall–Kier alpha value is -2.15. The van der Waals surface area contributed by atoms with Crippen LogP contribution in [0.4, 0.5) is 5.00 Å². The van der Waals surface area contributed by atoms with E-state index < -0.39 is 0 Å². The number of esters is 1. The molecular formula is C19H25N3O3S. The SMILES string of the molecule is COC(=O)c1c(NC(=O)CCc2c(C)nn(C)c2C)sc2c1CCCC2. The second-order valence-electron chi connectivity index (χ2n) is 6.73. The minimum Gasteiger partial charge on any atom is -0.465 e. The normalized spacial score (nSPS) is 13.4. The minimum atomic E-state index is -0.362. The lowest BCUT2D eigenvalue weighted by Gasteiger charge is -2.11. The van der Waals surface area contributed by atoms with Gasteiger partial charge in [-0.2, -0.15) is 5.10 Å². The van der Waals surface area contributed by atoms with Crippen LogP contribution in [0, 0.1) is 13.8 Å². The minimum absolute atomic E-state index is 0.0867. The van der Waals surface area contributed by atoms with E-state index in [1.807, 2.05) is 25.6 Å². The van der Waals surface area contributed by atoms with Crippen molar-refractivity contribution in [1.29, 1.82) is 0 Å². The maximum absolute atomic E-state index is 12.5. The molecule has 0 fully saturated rings. The number of nitrogens with zero attached hydrogens (tertiary/aromatic N) is 2. The molecule has 0 aliphatic heterocycles. The smallest absolute Gasteiger partial charge is 0.341 e. The number of rotatable bonds is 5. The van der Waals surface area contributed by atoms with Crippen LogP contribution in [0.25, 0.3) is 0 Å². The number of fused-ring (bicyclic) bond motifs is 1. The third-order valence-electron chi connectivity index (χ3n) is 5.07. The molecule has 0 bridgehead atoms. The van der Waals surface area contributed by atoms with Crippen molar-refractivity contribution in [2.24, 2.45) is 7.05 Å². The van der Waals surface area contributed by atoms with Gasteiger partial charge in [-0.25, -0.2) is 4.79 Å². The van der Waals surface area contributed by atoms with Crippen LogP contribution in [0.15, 0.2) is 0 Å². The lowest BCUT2D eigenvalue weighted by Crippen LogP contribution is -2.15. The molecule has 0 unspecified atom stereocenters. The number of thiophene rings is 1. The van der Waals surface area contributed by atoms with Gasteiger partial charge >= 0.3 is 5.97 Å². The zero-order valence-electron chi connectivity index (χ0n) is 15.8. The van der Waals surface area contributed by atoms with Crippen LogP contribution in [0.1, 0.15) is 57.0 Å². The van der Waals surface area contributed by atoms with E-state index in [-0.39, 0.29) is 11.9 Å². The molecule has 0 saturated carbocycles. The average Bonchev–Trinajstić information content (AvgIpc) is 3.09. The molecule has 0 aromatic carbocycles. The van der Waals surface area contributed by atoms with E-state index in [0.717, 1.165) is 48.2 Å². The van der Waals surface area contributed by atoms with Crippen molar-refractivity contribution in [3.8, 4) is 0 Å². The van der Waals surface area contributed by atoms with Gasteiger partial charge in [0, 0.05) is 24.0 Å². The van der Waals surface area contributed by atoms with Crippen molar-refractivity contribution < 1.29 is 14.3 Å². The summed E-state index contributed by atoms with van der Waals surface area (Å²) in [5, 5.41) is 7.97. The van der Waals surface area contributed by atoms with Gasteiger partial charge in [0.25, 0.3) is 0 Å². The zero-order chi connectivity index (χ0) is 18.8. The van der Waals surface area contributed by atoms with Gasteiger partial charge in [-0.3, -0.25) is 9.48 Å². The van der Waals surface area contributed by atoms with Crippen molar-refractivity contribution in [3.05, 3.63) is 33.0 Å². The Bertz CT molecular complexity index is 851. The maximum Gasteiger partial charge on any atom is 0.341 e. The number of carbonyl (C=O) groups excluding carboxylic acids is 2. The predicted molar refractivity (Wildman–Crippen MR) is 102 cm³/mol. The number of aryl methyl sites for hydroxylation is 3. The van der Waals surface area contributed by atoms with E-state index >= 15 is 0 Å². The molecule has 2 aromatic rings. The Balaban J connectivity index is 1.75. The molecule has 3 rings (SSSR count). The number of hydrogen-bond acceptors (Lipinski definition) is 5. The third kappa shape index (κ3) is 3.53. The number of ether oxygens (including phenoxy) is 1. The number of nitrogens with one attached hydrogen (secondary N) is 1. The Labute approximate surface area is 157 Å². The lowest BCUT2D eigenvalue weighted by atomic mass is 9.95. The number of aromatic nitrogens is 2. The summed E-state index contributed by atoms with van der Waals surface area (Å²) in [6.45, 7) is 3.97. The molecule has 6 nitrogen and oxygen atoms in total. The number of hydrogen-bond donors (Lipinski definition) is 1. The number of carbonyl (C=O) groups is 2. The highest BCUT2D eigenvalue weighted by atomic mass is 32.1. The van der Waals surface area contributed by atoms with Gasteiger partial charge in [-0.1, -0.05) is 0 Å². The first-order chi connectivity index (χ1) is 12.4. The number of anilines is 1. The Kier molecular flexibility index (Phi) is 5.46. The van der Waals surface area contributed by atoms with Crippen LogP contribution in [0.3, 0.4) is 0 Å². The Morgan fingerprint density at radius 2 is 2.00 bits per heavy atom. The molecule has 1 amide bonds. The topological polar surface area (TPSA) is 73.2 Å². The number of methoxy groups -OCH3 is 1. The molecule has 0 spiro atoms. The molecule has 1 N–H and O–H groups in total. The predicted octanol–water partition coefficient (Wildman–Crippen LogP) is 3.34. The molecule has 1 aliphatic carbocycles. The highest BCUT2D eigenvalue weighted by Gasteiger charge is 2.27. The van der Waals surface area contributed by atoms with Crippen LogP contribution in [0.2, 0.25) is 0 Å². The Morgan fingerprint density at radius 1 is 1.27 bits per heavy atom. The summed E-state index contributed by atoms with van der Waals surface area (Å²) in [4.78, 5) is 25.9. The summed E-state index contributed by atoms with van der Waals surface area (Å²) in [6, 6.07) is 0. The van der Waals surface area contributed by atoms with E-state index in [9.17, 15) is 9.59 Å². The van der Waals surface area contributed by atoms with Crippen LogP contribution in [0.5, 0.6) is 0 Å².